The molecule has 2 amide bonds. The van der Waals surface area contributed by atoms with Crippen molar-refractivity contribution in [1.29, 1.82) is 0 Å². The molecule has 0 unspecified atom stereocenters. The van der Waals surface area contributed by atoms with Gasteiger partial charge in [-0.15, -0.1) is 0 Å². The normalized spacial score (nSPS) is 10.2. The van der Waals surface area contributed by atoms with E-state index in [0.717, 1.165) is 5.56 Å². The molecule has 0 bridgehead atoms. The summed E-state index contributed by atoms with van der Waals surface area (Å²) in [7, 11) is 0. The first-order chi connectivity index (χ1) is 11.1. The van der Waals surface area contributed by atoms with Crippen molar-refractivity contribution in [2.45, 2.75) is 6.54 Å². The molecule has 4 N–H and O–H groups in total. The van der Waals surface area contributed by atoms with Gasteiger partial charge in [0.2, 0.25) is 5.91 Å². The molecule has 0 aliphatic heterocycles. The number of hydroxylamine groups is 1. The van der Waals surface area contributed by atoms with E-state index in [2.05, 4.69) is 10.6 Å². The fourth-order valence-electron chi connectivity index (χ4n) is 1.92. The van der Waals surface area contributed by atoms with E-state index >= 15 is 0 Å². The number of hydrogen-bond donors (Lipinski definition) is 4. The maximum Gasteiger partial charge on any atom is 0.274 e. The average molecular weight is 334 g/mol. The molecular formula is C16H16ClN3O3. The second-order valence-electron chi connectivity index (χ2n) is 4.77. The zero-order valence-corrected chi connectivity index (χ0v) is 12.9. The van der Waals surface area contributed by atoms with Crippen LogP contribution in [-0.4, -0.2) is 23.6 Å². The number of amides is 2. The van der Waals surface area contributed by atoms with Gasteiger partial charge >= 0.3 is 0 Å². The second-order valence-corrected chi connectivity index (χ2v) is 5.18. The third-order valence-corrected chi connectivity index (χ3v) is 3.41. The highest BCUT2D eigenvalue weighted by atomic mass is 35.5. The molecule has 2 rings (SSSR count). The number of carbonyl (C=O) groups is 2. The largest absolute Gasteiger partial charge is 0.324 e. The molecule has 6 nitrogen and oxygen atoms in total. The summed E-state index contributed by atoms with van der Waals surface area (Å²) >= 11 is 5.96. The highest BCUT2D eigenvalue weighted by molar-refractivity contribution is 6.33. The van der Waals surface area contributed by atoms with Gasteiger partial charge < -0.3 is 10.6 Å². The van der Waals surface area contributed by atoms with Gasteiger partial charge in [-0.05, 0) is 29.8 Å². The zero-order chi connectivity index (χ0) is 16.7. The van der Waals surface area contributed by atoms with Crippen LogP contribution in [0.15, 0.2) is 48.5 Å². The van der Waals surface area contributed by atoms with E-state index in [1.165, 1.54) is 0 Å². The van der Waals surface area contributed by atoms with Crippen LogP contribution in [0.4, 0.5) is 5.69 Å². The number of hydrogen-bond acceptors (Lipinski definition) is 4. The van der Waals surface area contributed by atoms with E-state index in [1.54, 1.807) is 54.0 Å². The van der Waals surface area contributed by atoms with Crippen molar-refractivity contribution in [2.24, 2.45) is 0 Å². The summed E-state index contributed by atoms with van der Waals surface area (Å²) in [5.41, 5.74) is 3.40. The number of benzene rings is 2. The Morgan fingerprint density at radius 3 is 2.39 bits per heavy atom. The molecule has 2 aromatic rings. The standard InChI is InChI=1S/C16H16ClN3O3/c17-13-3-1-2-4-14(13)19-15(21)10-18-9-11-5-7-12(8-6-11)16(22)20-23/h1-8,18,23H,9-10H2,(H,19,21)(H,20,22). The van der Waals surface area contributed by atoms with Gasteiger partial charge in [-0.1, -0.05) is 35.9 Å². The highest BCUT2D eigenvalue weighted by Gasteiger charge is 2.06. The number of anilines is 1. The zero-order valence-electron chi connectivity index (χ0n) is 12.2. The summed E-state index contributed by atoms with van der Waals surface area (Å²) in [5, 5.41) is 14.7. The minimum atomic E-state index is -0.566. The molecule has 120 valence electrons. The molecule has 0 aromatic heterocycles. The van der Waals surface area contributed by atoms with Gasteiger partial charge in [0, 0.05) is 12.1 Å². The molecule has 0 fully saturated rings. The number of rotatable bonds is 6. The summed E-state index contributed by atoms with van der Waals surface area (Å²) in [6.07, 6.45) is 0. The predicted octanol–water partition coefficient (Wildman–Crippen LogP) is 2.19. The van der Waals surface area contributed by atoms with Crippen LogP contribution < -0.4 is 16.1 Å². The van der Waals surface area contributed by atoms with Crippen molar-refractivity contribution in [3.8, 4) is 0 Å². The van der Waals surface area contributed by atoms with Crippen LogP contribution in [-0.2, 0) is 11.3 Å². The molecule has 2 aromatic carbocycles. The van der Waals surface area contributed by atoms with Crippen LogP contribution >= 0.6 is 11.6 Å². The Hall–Kier alpha value is -2.41. The van der Waals surface area contributed by atoms with E-state index in [-0.39, 0.29) is 12.5 Å². The van der Waals surface area contributed by atoms with E-state index in [1.807, 2.05) is 0 Å². The highest BCUT2D eigenvalue weighted by Crippen LogP contribution is 2.19. The van der Waals surface area contributed by atoms with Crippen molar-refractivity contribution in [2.75, 3.05) is 11.9 Å². The van der Waals surface area contributed by atoms with Gasteiger partial charge in [-0.2, -0.15) is 0 Å². The first-order valence-electron chi connectivity index (χ1n) is 6.88. The molecule has 0 spiro atoms. The molecule has 0 saturated heterocycles. The summed E-state index contributed by atoms with van der Waals surface area (Å²) in [4.78, 5) is 23.0. The smallest absolute Gasteiger partial charge is 0.274 e. The predicted molar refractivity (Wildman–Crippen MR) is 87.5 cm³/mol. The molecule has 0 aliphatic carbocycles. The van der Waals surface area contributed by atoms with Crippen molar-refractivity contribution in [3.05, 3.63) is 64.7 Å². The van der Waals surface area contributed by atoms with Gasteiger partial charge in [-0.3, -0.25) is 14.8 Å². The number of nitrogens with one attached hydrogen (secondary N) is 3. The van der Waals surface area contributed by atoms with Gasteiger partial charge in [0.05, 0.1) is 17.3 Å². The Bertz CT molecular complexity index is 689. The lowest BCUT2D eigenvalue weighted by Gasteiger charge is -2.08. The topological polar surface area (TPSA) is 90.5 Å². The van der Waals surface area contributed by atoms with Crippen LogP contribution in [0.2, 0.25) is 5.02 Å². The summed E-state index contributed by atoms with van der Waals surface area (Å²) < 4.78 is 0. The maximum atomic E-state index is 11.8. The third kappa shape index (κ3) is 5.07. The van der Waals surface area contributed by atoms with Gasteiger partial charge in [-0.25, -0.2) is 5.48 Å². The Balaban J connectivity index is 1.79. The molecule has 7 heteroatoms. The van der Waals surface area contributed by atoms with E-state index in [9.17, 15) is 9.59 Å². The maximum absolute atomic E-state index is 11.8. The monoisotopic (exact) mass is 333 g/mol. The molecule has 0 aliphatic rings. The Morgan fingerprint density at radius 2 is 1.74 bits per heavy atom. The molecule has 23 heavy (non-hydrogen) atoms. The second kappa shape index (κ2) is 8.28. The Morgan fingerprint density at radius 1 is 1.04 bits per heavy atom. The van der Waals surface area contributed by atoms with Gasteiger partial charge in [0.1, 0.15) is 0 Å². The first kappa shape index (κ1) is 17.0. The molecule has 0 radical (unpaired) electrons. The van der Waals surface area contributed by atoms with Crippen molar-refractivity contribution in [3.63, 3.8) is 0 Å². The average Bonchev–Trinajstić information content (AvgIpc) is 2.57. The van der Waals surface area contributed by atoms with E-state index in [0.29, 0.717) is 22.8 Å². The Labute approximate surface area is 138 Å². The molecule has 0 heterocycles. The van der Waals surface area contributed by atoms with Crippen LogP contribution in [0, 0.1) is 0 Å². The lowest BCUT2D eigenvalue weighted by molar-refractivity contribution is -0.115. The SMILES string of the molecule is O=C(CNCc1ccc(C(=O)NO)cc1)Nc1ccccc1Cl. The van der Waals surface area contributed by atoms with Gasteiger partial charge in [0.25, 0.3) is 5.91 Å². The summed E-state index contributed by atoms with van der Waals surface area (Å²) in [6.45, 7) is 0.598. The number of halogens is 1. The summed E-state index contributed by atoms with van der Waals surface area (Å²) in [6, 6.07) is 13.7. The number of carbonyl (C=O) groups excluding carboxylic acids is 2. The lowest BCUT2D eigenvalue weighted by atomic mass is 10.1. The van der Waals surface area contributed by atoms with Crippen molar-refractivity contribution >= 4 is 29.1 Å². The quantitative estimate of drug-likeness (QED) is 0.482. The van der Waals surface area contributed by atoms with E-state index in [4.69, 9.17) is 16.8 Å². The summed E-state index contributed by atoms with van der Waals surface area (Å²) in [5.74, 6) is -0.766. The molecular weight excluding hydrogens is 318 g/mol. The number of para-hydroxylation sites is 1. The molecule has 0 atom stereocenters. The minimum Gasteiger partial charge on any atom is -0.324 e. The fraction of sp³-hybridized carbons (Fsp3) is 0.125. The minimum absolute atomic E-state index is 0.129. The van der Waals surface area contributed by atoms with Crippen LogP contribution in [0.25, 0.3) is 0 Å². The van der Waals surface area contributed by atoms with Crippen LogP contribution in [0.3, 0.4) is 0 Å². The fourth-order valence-corrected chi connectivity index (χ4v) is 2.10. The van der Waals surface area contributed by atoms with E-state index < -0.39 is 5.91 Å². The van der Waals surface area contributed by atoms with Crippen LogP contribution in [0.1, 0.15) is 15.9 Å². The van der Waals surface area contributed by atoms with Crippen molar-refractivity contribution < 1.29 is 14.8 Å². The van der Waals surface area contributed by atoms with Crippen LogP contribution in [0.5, 0.6) is 0 Å². The Kier molecular flexibility index (Phi) is 6.10. The third-order valence-electron chi connectivity index (χ3n) is 3.08. The lowest BCUT2D eigenvalue weighted by Crippen LogP contribution is -2.27. The van der Waals surface area contributed by atoms with Crippen molar-refractivity contribution in [1.82, 2.24) is 10.8 Å². The van der Waals surface area contributed by atoms with Gasteiger partial charge in [0.15, 0.2) is 0 Å². The molecule has 0 saturated carbocycles. The first-order valence-corrected chi connectivity index (χ1v) is 7.26.